The Morgan fingerprint density at radius 3 is 2.55 bits per heavy atom. The van der Waals surface area contributed by atoms with Crippen molar-refractivity contribution >= 4 is 13.3 Å². The maximum atomic E-state index is 11.2. The summed E-state index contributed by atoms with van der Waals surface area (Å²) >= 11 is 0. The monoisotopic (exact) mass is 149 g/mol. The molecule has 0 radical (unpaired) electrons. The van der Waals surface area contributed by atoms with Gasteiger partial charge in [-0.05, 0) is 13.8 Å². The highest BCUT2D eigenvalue weighted by Crippen LogP contribution is 1.95. The highest BCUT2D eigenvalue weighted by molar-refractivity contribution is 6.32. The first-order valence-electron chi connectivity index (χ1n) is 3.80. The molecule has 0 aliphatic rings. The third kappa shape index (κ3) is 1.73. The van der Waals surface area contributed by atoms with E-state index in [0.29, 0.717) is 0 Å². The summed E-state index contributed by atoms with van der Waals surface area (Å²) in [6, 6.07) is 3.69. The Morgan fingerprint density at radius 1 is 1.45 bits per heavy atom. The molecular formula is C8H12BNO. The zero-order valence-corrected chi connectivity index (χ0v) is 7.16. The van der Waals surface area contributed by atoms with Gasteiger partial charge in [0.1, 0.15) is 7.85 Å². The number of aromatic nitrogens is 1. The van der Waals surface area contributed by atoms with Gasteiger partial charge in [0.05, 0.1) is 0 Å². The van der Waals surface area contributed by atoms with E-state index < -0.39 is 0 Å². The number of rotatable bonds is 1. The molecule has 1 rings (SSSR count). The summed E-state index contributed by atoms with van der Waals surface area (Å²) < 4.78 is 1.73. The van der Waals surface area contributed by atoms with Crippen LogP contribution in [0.15, 0.2) is 23.1 Å². The molecule has 0 amide bonds. The molecular weight excluding hydrogens is 137 g/mol. The van der Waals surface area contributed by atoms with Gasteiger partial charge >= 0.3 is 0 Å². The molecule has 2 nitrogen and oxygen atoms in total. The lowest BCUT2D eigenvalue weighted by atomic mass is 9.99. The first-order valence-corrected chi connectivity index (χ1v) is 3.80. The third-order valence-electron chi connectivity index (χ3n) is 1.64. The molecule has 0 saturated carbocycles. The molecule has 0 aliphatic carbocycles. The molecule has 0 N–H and O–H groups in total. The maximum Gasteiger partial charge on any atom is 0.250 e. The predicted octanol–water partition coefficient (Wildman–Crippen LogP) is -0.312. The minimum atomic E-state index is 0.0746. The van der Waals surface area contributed by atoms with Crippen LogP contribution in [-0.4, -0.2) is 12.4 Å². The lowest BCUT2D eigenvalue weighted by Gasteiger charge is -2.09. The first-order chi connectivity index (χ1) is 5.11. The number of hydrogen-bond donors (Lipinski definition) is 0. The van der Waals surface area contributed by atoms with Gasteiger partial charge in [-0.1, -0.05) is 11.5 Å². The molecule has 0 spiro atoms. The Hall–Kier alpha value is -0.985. The largest absolute Gasteiger partial charge is 0.314 e. The van der Waals surface area contributed by atoms with Crippen molar-refractivity contribution < 1.29 is 0 Å². The fourth-order valence-corrected chi connectivity index (χ4v) is 1.02. The lowest BCUT2D eigenvalue weighted by molar-refractivity contribution is 0.580. The van der Waals surface area contributed by atoms with E-state index in [0.717, 1.165) is 5.46 Å². The molecule has 1 heterocycles. The average molecular weight is 149 g/mol. The summed E-state index contributed by atoms with van der Waals surface area (Å²) in [7, 11) is 1.98. The Bertz CT molecular complexity index is 303. The normalized spacial score (nSPS) is 10.5. The second-order valence-electron chi connectivity index (χ2n) is 3.05. The molecule has 1 aromatic heterocycles. The van der Waals surface area contributed by atoms with Gasteiger partial charge in [-0.3, -0.25) is 4.79 Å². The van der Waals surface area contributed by atoms with Crippen molar-refractivity contribution in [2.45, 2.75) is 19.9 Å². The van der Waals surface area contributed by atoms with Crippen LogP contribution in [0.4, 0.5) is 0 Å². The standard InChI is InChI=1S/C8H12BNO/c1-6(2)10-5-7(9)3-4-8(10)11/h3-6H,9H2,1-2H3. The lowest BCUT2D eigenvalue weighted by Crippen LogP contribution is -2.24. The fraction of sp³-hybridized carbons (Fsp3) is 0.375. The van der Waals surface area contributed by atoms with Crippen LogP contribution >= 0.6 is 0 Å². The van der Waals surface area contributed by atoms with Crippen molar-refractivity contribution in [3.05, 3.63) is 28.7 Å². The molecule has 58 valence electrons. The minimum absolute atomic E-state index is 0.0746. The van der Waals surface area contributed by atoms with Crippen LogP contribution in [0.2, 0.25) is 0 Å². The van der Waals surface area contributed by atoms with Gasteiger partial charge in [0.2, 0.25) is 0 Å². The highest BCUT2D eigenvalue weighted by atomic mass is 16.1. The van der Waals surface area contributed by atoms with Crippen LogP contribution < -0.4 is 11.0 Å². The smallest absolute Gasteiger partial charge is 0.250 e. The van der Waals surface area contributed by atoms with Crippen molar-refractivity contribution in [2.24, 2.45) is 0 Å². The molecule has 0 aromatic carbocycles. The molecule has 0 fully saturated rings. The van der Waals surface area contributed by atoms with E-state index in [2.05, 4.69) is 0 Å². The van der Waals surface area contributed by atoms with Gasteiger partial charge in [0.25, 0.3) is 5.56 Å². The predicted molar refractivity (Wildman–Crippen MR) is 49.3 cm³/mol. The number of pyridine rings is 1. The molecule has 3 heteroatoms. The molecule has 0 bridgehead atoms. The second kappa shape index (κ2) is 2.95. The van der Waals surface area contributed by atoms with E-state index in [1.165, 1.54) is 0 Å². The number of hydrogen-bond acceptors (Lipinski definition) is 1. The summed E-state index contributed by atoms with van der Waals surface area (Å²) in [5.74, 6) is 0. The van der Waals surface area contributed by atoms with Crippen LogP contribution in [0.5, 0.6) is 0 Å². The van der Waals surface area contributed by atoms with Gasteiger partial charge in [-0.25, -0.2) is 0 Å². The molecule has 0 saturated heterocycles. The Kier molecular flexibility index (Phi) is 2.18. The maximum absolute atomic E-state index is 11.2. The number of nitrogens with zero attached hydrogens (tertiary/aromatic N) is 1. The average Bonchev–Trinajstić information content (AvgIpc) is 1.94. The van der Waals surface area contributed by atoms with Crippen molar-refractivity contribution in [3.63, 3.8) is 0 Å². The van der Waals surface area contributed by atoms with Gasteiger partial charge in [-0.15, -0.1) is 0 Å². The summed E-state index contributed by atoms with van der Waals surface area (Å²) in [6.07, 6.45) is 1.88. The van der Waals surface area contributed by atoms with Gasteiger partial charge in [-0.2, -0.15) is 0 Å². The Labute approximate surface area is 67.3 Å². The minimum Gasteiger partial charge on any atom is -0.314 e. The first kappa shape index (κ1) is 8.11. The van der Waals surface area contributed by atoms with E-state index in [-0.39, 0.29) is 11.6 Å². The van der Waals surface area contributed by atoms with Crippen LogP contribution in [0.3, 0.4) is 0 Å². The van der Waals surface area contributed by atoms with Crippen LogP contribution in [0, 0.1) is 0 Å². The molecule has 11 heavy (non-hydrogen) atoms. The van der Waals surface area contributed by atoms with Crippen molar-refractivity contribution in [1.82, 2.24) is 4.57 Å². The highest BCUT2D eigenvalue weighted by Gasteiger charge is 1.98. The van der Waals surface area contributed by atoms with Crippen LogP contribution in [0.1, 0.15) is 19.9 Å². The molecule has 0 aliphatic heterocycles. The Morgan fingerprint density at radius 2 is 2.09 bits per heavy atom. The van der Waals surface area contributed by atoms with E-state index in [1.807, 2.05) is 34.0 Å². The van der Waals surface area contributed by atoms with Crippen molar-refractivity contribution in [2.75, 3.05) is 0 Å². The van der Waals surface area contributed by atoms with E-state index in [4.69, 9.17) is 0 Å². The second-order valence-corrected chi connectivity index (χ2v) is 3.05. The van der Waals surface area contributed by atoms with Crippen molar-refractivity contribution in [3.8, 4) is 0 Å². The topological polar surface area (TPSA) is 22.0 Å². The fourth-order valence-electron chi connectivity index (χ4n) is 1.02. The van der Waals surface area contributed by atoms with Crippen LogP contribution in [-0.2, 0) is 0 Å². The molecule has 0 atom stereocenters. The third-order valence-corrected chi connectivity index (χ3v) is 1.64. The van der Waals surface area contributed by atoms with E-state index in [9.17, 15) is 4.79 Å². The molecule has 1 aromatic rings. The van der Waals surface area contributed by atoms with E-state index in [1.54, 1.807) is 10.6 Å². The van der Waals surface area contributed by atoms with Gasteiger partial charge < -0.3 is 4.57 Å². The zero-order valence-electron chi connectivity index (χ0n) is 7.16. The quantitative estimate of drug-likeness (QED) is 0.502. The SMILES string of the molecule is Bc1ccc(=O)n(C(C)C)c1. The summed E-state index contributed by atoms with van der Waals surface area (Å²) in [6.45, 7) is 4.00. The van der Waals surface area contributed by atoms with Gasteiger partial charge in [0.15, 0.2) is 0 Å². The zero-order chi connectivity index (χ0) is 8.43. The summed E-state index contributed by atoms with van der Waals surface area (Å²) in [4.78, 5) is 11.2. The summed E-state index contributed by atoms with van der Waals surface area (Å²) in [5.41, 5.74) is 1.20. The van der Waals surface area contributed by atoms with Gasteiger partial charge in [0, 0.05) is 18.3 Å². The van der Waals surface area contributed by atoms with Crippen molar-refractivity contribution in [1.29, 1.82) is 0 Å². The van der Waals surface area contributed by atoms with E-state index >= 15 is 0 Å². The van der Waals surface area contributed by atoms with Crippen LogP contribution in [0.25, 0.3) is 0 Å². The summed E-state index contributed by atoms with van der Waals surface area (Å²) in [5, 5.41) is 0. The Balaban J connectivity index is 3.24. The molecule has 0 unspecified atom stereocenters.